The molecule has 0 spiro atoms. The molecule has 3 aromatic rings. The van der Waals surface area contributed by atoms with Crippen LogP contribution >= 0.6 is 12.2 Å². The normalized spacial score (nSPS) is 14.6. The summed E-state index contributed by atoms with van der Waals surface area (Å²) in [5, 5.41) is 5.37. The van der Waals surface area contributed by atoms with Crippen molar-refractivity contribution in [1.82, 2.24) is 5.32 Å². The summed E-state index contributed by atoms with van der Waals surface area (Å²) in [7, 11) is 0. The highest BCUT2D eigenvalue weighted by molar-refractivity contribution is 7.80. The number of hydrogen-bond acceptors (Lipinski definition) is 5. The van der Waals surface area contributed by atoms with Crippen molar-refractivity contribution >= 4 is 52.5 Å². The quantitative estimate of drug-likeness (QED) is 0.286. The Kier molecular flexibility index (Phi) is 7.56. The molecule has 3 amide bonds. The van der Waals surface area contributed by atoms with Crippen LogP contribution < -0.4 is 20.3 Å². The zero-order valence-corrected chi connectivity index (χ0v) is 20.7. The number of carbonyl (C=O) groups is 3. The van der Waals surface area contributed by atoms with E-state index in [-0.39, 0.29) is 23.2 Å². The molecule has 0 aromatic heterocycles. The standard InChI is InChI=1S/C28H25N3O4S/c1-3-19-10-14-22(15-11-19)31-27(34)23(26(33)30-28(31)36)16-20-6-4-5-7-24(20)35-17-25(32)29-21-12-8-18(2)9-13-21/h4-16H,3,17H2,1-2H3,(H,29,32)(H,30,33,36)/b23-16+. The average molecular weight is 500 g/mol. The molecule has 2 N–H and O–H groups in total. The van der Waals surface area contributed by atoms with E-state index in [1.165, 1.54) is 11.0 Å². The van der Waals surface area contributed by atoms with Crippen molar-refractivity contribution in [1.29, 1.82) is 0 Å². The van der Waals surface area contributed by atoms with Gasteiger partial charge in [-0.1, -0.05) is 55.0 Å². The third kappa shape index (κ3) is 5.67. The van der Waals surface area contributed by atoms with Crippen molar-refractivity contribution in [2.45, 2.75) is 20.3 Å². The highest BCUT2D eigenvalue weighted by Crippen LogP contribution is 2.26. The first kappa shape index (κ1) is 24.8. The SMILES string of the molecule is CCc1ccc(N2C(=O)/C(=C/c3ccccc3OCC(=O)Nc3ccc(C)cc3)C(=O)NC2=S)cc1. The molecule has 36 heavy (non-hydrogen) atoms. The minimum atomic E-state index is -0.599. The molecule has 4 rings (SSSR count). The molecule has 0 saturated carbocycles. The van der Waals surface area contributed by atoms with Gasteiger partial charge in [0.15, 0.2) is 11.7 Å². The third-order valence-electron chi connectivity index (χ3n) is 5.62. The van der Waals surface area contributed by atoms with Crippen molar-refractivity contribution in [2.75, 3.05) is 16.8 Å². The average Bonchev–Trinajstić information content (AvgIpc) is 2.87. The Morgan fingerprint density at radius 2 is 1.72 bits per heavy atom. The molecule has 0 radical (unpaired) electrons. The number of carbonyl (C=O) groups excluding carboxylic acids is 3. The Morgan fingerprint density at radius 1 is 1.03 bits per heavy atom. The summed E-state index contributed by atoms with van der Waals surface area (Å²) in [4.78, 5) is 39.7. The van der Waals surface area contributed by atoms with E-state index in [1.807, 2.05) is 50.2 Å². The van der Waals surface area contributed by atoms with E-state index in [4.69, 9.17) is 17.0 Å². The summed E-state index contributed by atoms with van der Waals surface area (Å²) in [6.45, 7) is 3.76. The Balaban J connectivity index is 1.53. The maximum absolute atomic E-state index is 13.3. The molecule has 8 heteroatoms. The lowest BCUT2D eigenvalue weighted by atomic mass is 10.1. The van der Waals surface area contributed by atoms with Crippen LogP contribution in [0.4, 0.5) is 11.4 Å². The number of rotatable bonds is 7. The van der Waals surface area contributed by atoms with E-state index in [1.54, 1.807) is 36.4 Å². The van der Waals surface area contributed by atoms with Crippen LogP contribution in [0.25, 0.3) is 6.08 Å². The van der Waals surface area contributed by atoms with Crippen molar-refractivity contribution in [3.63, 3.8) is 0 Å². The molecule has 1 aliphatic heterocycles. The number of hydrogen-bond donors (Lipinski definition) is 2. The number of thiocarbonyl (C=S) groups is 1. The van der Waals surface area contributed by atoms with Crippen LogP contribution in [0.2, 0.25) is 0 Å². The molecule has 0 unspecified atom stereocenters. The van der Waals surface area contributed by atoms with Gasteiger partial charge >= 0.3 is 0 Å². The number of para-hydroxylation sites is 1. The number of ether oxygens (including phenoxy) is 1. The minimum Gasteiger partial charge on any atom is -0.483 e. The van der Waals surface area contributed by atoms with Crippen LogP contribution in [-0.4, -0.2) is 29.4 Å². The van der Waals surface area contributed by atoms with Crippen LogP contribution in [0.1, 0.15) is 23.6 Å². The highest BCUT2D eigenvalue weighted by Gasteiger charge is 2.34. The summed E-state index contributed by atoms with van der Waals surface area (Å²) in [6, 6.07) is 21.7. The highest BCUT2D eigenvalue weighted by atomic mass is 32.1. The van der Waals surface area contributed by atoms with Gasteiger partial charge in [0.2, 0.25) is 0 Å². The van der Waals surface area contributed by atoms with Crippen LogP contribution in [0.5, 0.6) is 5.75 Å². The van der Waals surface area contributed by atoms with Crippen LogP contribution in [0.15, 0.2) is 78.4 Å². The molecule has 3 aromatic carbocycles. The predicted octanol–water partition coefficient (Wildman–Crippen LogP) is 4.41. The molecule has 182 valence electrons. The minimum absolute atomic E-state index is 0.0173. The maximum atomic E-state index is 13.3. The van der Waals surface area contributed by atoms with Gasteiger partial charge in [-0.2, -0.15) is 0 Å². The van der Waals surface area contributed by atoms with Gasteiger partial charge in [0.25, 0.3) is 17.7 Å². The Hall–Kier alpha value is -4.30. The van der Waals surface area contributed by atoms with Gasteiger partial charge in [0.05, 0.1) is 5.69 Å². The van der Waals surface area contributed by atoms with E-state index in [2.05, 4.69) is 10.6 Å². The number of aryl methyl sites for hydroxylation is 2. The number of amides is 3. The Morgan fingerprint density at radius 3 is 2.42 bits per heavy atom. The first-order valence-corrected chi connectivity index (χ1v) is 11.9. The summed E-state index contributed by atoms with van der Waals surface area (Å²) >= 11 is 5.28. The lowest BCUT2D eigenvalue weighted by Gasteiger charge is -2.29. The largest absolute Gasteiger partial charge is 0.483 e. The fourth-order valence-corrected chi connectivity index (χ4v) is 3.92. The fourth-order valence-electron chi connectivity index (χ4n) is 3.64. The van der Waals surface area contributed by atoms with Crippen LogP contribution in [0, 0.1) is 6.92 Å². The van der Waals surface area contributed by atoms with E-state index in [0.29, 0.717) is 22.7 Å². The second-order valence-electron chi connectivity index (χ2n) is 8.22. The van der Waals surface area contributed by atoms with E-state index < -0.39 is 11.8 Å². The van der Waals surface area contributed by atoms with Gasteiger partial charge in [-0.25, -0.2) is 0 Å². The molecular formula is C28H25N3O4S. The van der Waals surface area contributed by atoms with Gasteiger partial charge in [-0.15, -0.1) is 0 Å². The lowest BCUT2D eigenvalue weighted by Crippen LogP contribution is -2.54. The summed E-state index contributed by atoms with van der Waals surface area (Å²) in [5.74, 6) is -1.12. The smallest absolute Gasteiger partial charge is 0.270 e. The number of benzene rings is 3. The zero-order valence-electron chi connectivity index (χ0n) is 19.9. The van der Waals surface area contributed by atoms with Crippen LogP contribution in [0.3, 0.4) is 0 Å². The fraction of sp³-hybridized carbons (Fsp3) is 0.143. The van der Waals surface area contributed by atoms with Crippen molar-refractivity contribution in [3.05, 3.63) is 95.1 Å². The molecule has 7 nitrogen and oxygen atoms in total. The first-order chi connectivity index (χ1) is 17.4. The molecule has 1 saturated heterocycles. The van der Waals surface area contributed by atoms with Crippen LogP contribution in [-0.2, 0) is 20.8 Å². The molecular weight excluding hydrogens is 474 g/mol. The summed E-state index contributed by atoms with van der Waals surface area (Å²) in [6.07, 6.45) is 2.31. The maximum Gasteiger partial charge on any atom is 0.270 e. The van der Waals surface area contributed by atoms with Gasteiger partial charge < -0.3 is 10.1 Å². The van der Waals surface area contributed by atoms with Gasteiger partial charge in [-0.05, 0) is 67.5 Å². The molecule has 0 aliphatic carbocycles. The van der Waals surface area contributed by atoms with Gasteiger partial charge in [0, 0.05) is 11.3 Å². The van der Waals surface area contributed by atoms with Gasteiger partial charge in [-0.3, -0.25) is 24.6 Å². The molecule has 0 bridgehead atoms. The lowest BCUT2D eigenvalue weighted by molar-refractivity contribution is -0.122. The van der Waals surface area contributed by atoms with Crippen molar-refractivity contribution < 1.29 is 19.1 Å². The second kappa shape index (κ2) is 11.0. The third-order valence-corrected chi connectivity index (χ3v) is 5.90. The zero-order chi connectivity index (χ0) is 25.7. The monoisotopic (exact) mass is 499 g/mol. The van der Waals surface area contributed by atoms with E-state index in [0.717, 1.165) is 17.5 Å². The summed E-state index contributed by atoms with van der Waals surface area (Å²) in [5.41, 5.74) is 3.82. The van der Waals surface area contributed by atoms with Gasteiger partial charge in [0.1, 0.15) is 11.3 Å². The molecule has 1 fully saturated rings. The predicted molar refractivity (Wildman–Crippen MR) is 144 cm³/mol. The summed E-state index contributed by atoms with van der Waals surface area (Å²) < 4.78 is 5.73. The topological polar surface area (TPSA) is 87.7 Å². The second-order valence-corrected chi connectivity index (χ2v) is 8.61. The molecule has 1 aliphatic rings. The number of nitrogens with one attached hydrogen (secondary N) is 2. The Labute approximate surface area is 214 Å². The molecule has 1 heterocycles. The van der Waals surface area contributed by atoms with E-state index >= 15 is 0 Å². The first-order valence-electron chi connectivity index (χ1n) is 11.4. The van der Waals surface area contributed by atoms with Crippen molar-refractivity contribution in [3.8, 4) is 5.75 Å². The number of nitrogens with zero attached hydrogens (tertiary/aromatic N) is 1. The molecule has 0 atom stereocenters. The number of anilines is 2. The van der Waals surface area contributed by atoms with Crippen molar-refractivity contribution in [2.24, 2.45) is 0 Å². The van der Waals surface area contributed by atoms with E-state index in [9.17, 15) is 14.4 Å². The Bertz CT molecular complexity index is 1350.